The first kappa shape index (κ1) is 14.5. The third-order valence-corrected chi connectivity index (χ3v) is 3.54. The van der Waals surface area contributed by atoms with E-state index in [1.165, 1.54) is 0 Å². The predicted molar refractivity (Wildman–Crippen MR) is 79.9 cm³/mol. The lowest BCUT2D eigenvalue weighted by atomic mass is 9.87. The van der Waals surface area contributed by atoms with Gasteiger partial charge in [0.05, 0.1) is 5.70 Å². The minimum Gasteiger partial charge on any atom is -0.382 e. The Balaban J connectivity index is 2.24. The third-order valence-electron chi connectivity index (χ3n) is 3.54. The molecule has 0 amide bonds. The third kappa shape index (κ3) is 2.82. The Hall–Kier alpha value is -1.90. The molecule has 0 spiro atoms. The van der Waals surface area contributed by atoms with Crippen LogP contribution in [0.1, 0.15) is 54.8 Å². The van der Waals surface area contributed by atoms with Crippen LogP contribution in [0, 0.1) is 5.41 Å². The van der Waals surface area contributed by atoms with Gasteiger partial charge in [-0.3, -0.25) is 9.59 Å². The Kier molecular flexibility index (Phi) is 3.80. The van der Waals surface area contributed by atoms with E-state index >= 15 is 0 Å². The molecule has 1 aromatic carbocycles. The summed E-state index contributed by atoms with van der Waals surface area (Å²) < 4.78 is 0. The van der Waals surface area contributed by atoms with Crippen LogP contribution < -0.4 is 5.32 Å². The zero-order valence-corrected chi connectivity index (χ0v) is 12.5. The number of hydrogen-bond acceptors (Lipinski definition) is 3. The number of ketones is 2. The molecule has 0 bridgehead atoms. The Bertz CT molecular complexity index is 591. The molecule has 20 heavy (non-hydrogen) atoms. The van der Waals surface area contributed by atoms with E-state index < -0.39 is 0 Å². The van der Waals surface area contributed by atoms with Crippen molar-refractivity contribution in [3.63, 3.8) is 0 Å². The van der Waals surface area contributed by atoms with E-state index in [1.54, 1.807) is 31.2 Å². The number of carbonyl (C=O) groups is 2. The zero-order chi connectivity index (χ0) is 14.9. The van der Waals surface area contributed by atoms with E-state index in [0.717, 1.165) is 6.42 Å². The summed E-state index contributed by atoms with van der Waals surface area (Å²) >= 11 is 0. The van der Waals surface area contributed by atoms with Crippen LogP contribution in [0.15, 0.2) is 35.5 Å². The number of Topliss-reactive ketones (excluding diaryl/α,β-unsaturated/α-hetero) is 2. The summed E-state index contributed by atoms with van der Waals surface area (Å²) in [5.41, 5.74) is 2.18. The topological polar surface area (TPSA) is 46.2 Å². The Morgan fingerprint density at radius 3 is 2.10 bits per heavy atom. The molecular formula is C17H21NO2. The average molecular weight is 271 g/mol. The SMILES string of the molecule is CC1=C(NCCC(C)(C)C)C(=O)c2ccccc2C1=O. The predicted octanol–water partition coefficient (Wildman–Crippen LogP) is 3.37. The monoisotopic (exact) mass is 271 g/mol. The highest BCUT2D eigenvalue weighted by Gasteiger charge is 2.29. The van der Waals surface area contributed by atoms with Crippen molar-refractivity contribution in [1.82, 2.24) is 5.32 Å². The Morgan fingerprint density at radius 2 is 1.55 bits per heavy atom. The highest BCUT2D eigenvalue weighted by molar-refractivity contribution is 6.26. The van der Waals surface area contributed by atoms with Crippen molar-refractivity contribution in [3.8, 4) is 0 Å². The minimum absolute atomic E-state index is 0.0570. The van der Waals surface area contributed by atoms with Crippen LogP contribution in [0.3, 0.4) is 0 Å². The molecule has 0 fully saturated rings. The molecule has 0 saturated carbocycles. The smallest absolute Gasteiger partial charge is 0.209 e. The second-order valence-electron chi connectivity index (χ2n) is 6.44. The first-order valence-electron chi connectivity index (χ1n) is 6.94. The standard InChI is InChI=1S/C17H21NO2/c1-11-14(18-10-9-17(2,3)4)16(20)13-8-6-5-7-12(13)15(11)19/h5-8,18H,9-10H2,1-4H3. The Morgan fingerprint density at radius 1 is 1.00 bits per heavy atom. The highest BCUT2D eigenvalue weighted by Crippen LogP contribution is 2.25. The summed E-state index contributed by atoms with van der Waals surface area (Å²) in [5, 5.41) is 3.16. The lowest BCUT2D eigenvalue weighted by Gasteiger charge is -2.23. The van der Waals surface area contributed by atoms with Crippen LogP contribution in [-0.2, 0) is 0 Å². The van der Waals surface area contributed by atoms with Crippen LogP contribution in [0.4, 0.5) is 0 Å². The summed E-state index contributed by atoms with van der Waals surface area (Å²) in [4.78, 5) is 24.7. The van der Waals surface area contributed by atoms with E-state index in [0.29, 0.717) is 28.9 Å². The molecule has 1 aliphatic carbocycles. The average Bonchev–Trinajstić information content (AvgIpc) is 2.39. The fourth-order valence-electron chi connectivity index (χ4n) is 2.27. The van der Waals surface area contributed by atoms with Crippen LogP contribution in [0.5, 0.6) is 0 Å². The van der Waals surface area contributed by atoms with Gasteiger partial charge in [0.2, 0.25) is 5.78 Å². The molecule has 0 saturated heterocycles. The van der Waals surface area contributed by atoms with Crippen molar-refractivity contribution in [1.29, 1.82) is 0 Å². The largest absolute Gasteiger partial charge is 0.382 e. The number of benzene rings is 1. The number of nitrogens with one attached hydrogen (secondary N) is 1. The molecule has 3 heteroatoms. The maximum atomic E-state index is 12.5. The van der Waals surface area contributed by atoms with Gasteiger partial charge in [0.25, 0.3) is 0 Å². The van der Waals surface area contributed by atoms with E-state index in [1.807, 2.05) is 0 Å². The van der Waals surface area contributed by atoms with Gasteiger partial charge < -0.3 is 5.32 Å². The molecule has 1 aromatic rings. The van der Waals surface area contributed by atoms with Gasteiger partial charge in [-0.05, 0) is 18.8 Å². The molecule has 0 unspecified atom stereocenters. The lowest BCUT2D eigenvalue weighted by molar-refractivity contribution is 0.0968. The fraction of sp³-hybridized carbons (Fsp3) is 0.412. The van der Waals surface area contributed by atoms with Gasteiger partial charge >= 0.3 is 0 Å². The van der Waals surface area contributed by atoms with Gasteiger partial charge in [-0.15, -0.1) is 0 Å². The lowest BCUT2D eigenvalue weighted by Crippen LogP contribution is -2.31. The van der Waals surface area contributed by atoms with E-state index in [-0.39, 0.29) is 17.0 Å². The zero-order valence-electron chi connectivity index (χ0n) is 12.5. The second-order valence-corrected chi connectivity index (χ2v) is 6.44. The summed E-state index contributed by atoms with van der Waals surface area (Å²) in [7, 11) is 0. The van der Waals surface area contributed by atoms with Gasteiger partial charge in [0, 0.05) is 23.2 Å². The number of fused-ring (bicyclic) bond motifs is 1. The maximum absolute atomic E-state index is 12.5. The van der Waals surface area contributed by atoms with Gasteiger partial charge in [-0.1, -0.05) is 45.0 Å². The number of carbonyl (C=O) groups excluding carboxylic acids is 2. The van der Waals surface area contributed by atoms with Crippen LogP contribution in [-0.4, -0.2) is 18.1 Å². The molecule has 2 rings (SSSR count). The molecule has 3 nitrogen and oxygen atoms in total. The van der Waals surface area contributed by atoms with Gasteiger partial charge in [-0.2, -0.15) is 0 Å². The molecule has 1 aliphatic rings. The van der Waals surface area contributed by atoms with Crippen molar-refractivity contribution in [2.24, 2.45) is 5.41 Å². The van der Waals surface area contributed by atoms with Crippen molar-refractivity contribution in [3.05, 3.63) is 46.7 Å². The van der Waals surface area contributed by atoms with Crippen molar-refractivity contribution < 1.29 is 9.59 Å². The van der Waals surface area contributed by atoms with Gasteiger partial charge in [0.15, 0.2) is 5.78 Å². The fourth-order valence-corrected chi connectivity index (χ4v) is 2.27. The summed E-state index contributed by atoms with van der Waals surface area (Å²) in [6, 6.07) is 7.01. The molecule has 1 N–H and O–H groups in total. The quantitative estimate of drug-likeness (QED) is 0.917. The van der Waals surface area contributed by atoms with E-state index in [9.17, 15) is 9.59 Å². The molecule has 0 radical (unpaired) electrons. The van der Waals surface area contributed by atoms with Crippen LogP contribution >= 0.6 is 0 Å². The summed E-state index contributed by atoms with van der Waals surface area (Å²) in [6.07, 6.45) is 0.937. The van der Waals surface area contributed by atoms with Crippen molar-refractivity contribution in [2.75, 3.05) is 6.54 Å². The maximum Gasteiger partial charge on any atom is 0.209 e. The minimum atomic E-state index is -0.0772. The molecule has 106 valence electrons. The molecule has 0 heterocycles. The van der Waals surface area contributed by atoms with Crippen LogP contribution in [0.25, 0.3) is 0 Å². The van der Waals surface area contributed by atoms with Gasteiger partial charge in [0.1, 0.15) is 0 Å². The van der Waals surface area contributed by atoms with E-state index in [2.05, 4.69) is 26.1 Å². The summed E-state index contributed by atoms with van der Waals surface area (Å²) in [5.74, 6) is -0.134. The molecule has 0 atom stereocenters. The van der Waals surface area contributed by atoms with E-state index in [4.69, 9.17) is 0 Å². The van der Waals surface area contributed by atoms with Gasteiger partial charge in [-0.25, -0.2) is 0 Å². The number of hydrogen-bond donors (Lipinski definition) is 1. The molecular weight excluding hydrogens is 250 g/mol. The summed E-state index contributed by atoms with van der Waals surface area (Å²) in [6.45, 7) is 8.87. The number of allylic oxidation sites excluding steroid dienone is 2. The Labute approximate surface area is 120 Å². The first-order valence-corrected chi connectivity index (χ1v) is 6.94. The highest BCUT2D eigenvalue weighted by atomic mass is 16.1. The first-order chi connectivity index (χ1) is 9.31. The molecule has 0 aliphatic heterocycles. The normalized spacial score (nSPS) is 15.4. The second kappa shape index (κ2) is 5.23. The van der Waals surface area contributed by atoms with Crippen molar-refractivity contribution >= 4 is 11.6 Å². The van der Waals surface area contributed by atoms with Crippen molar-refractivity contribution in [2.45, 2.75) is 34.1 Å². The number of rotatable bonds is 3. The van der Waals surface area contributed by atoms with Crippen LogP contribution in [0.2, 0.25) is 0 Å². The molecule has 0 aromatic heterocycles.